The zero-order valence-corrected chi connectivity index (χ0v) is 19.8. The van der Waals surface area contributed by atoms with E-state index in [9.17, 15) is 5.26 Å². The van der Waals surface area contributed by atoms with Gasteiger partial charge in [-0.15, -0.1) is 0 Å². The molecule has 0 aromatic carbocycles. The van der Waals surface area contributed by atoms with E-state index in [1.807, 2.05) is 51.3 Å². The van der Waals surface area contributed by atoms with Crippen molar-refractivity contribution in [2.75, 3.05) is 38.7 Å². The zero-order chi connectivity index (χ0) is 23.1. The number of nitriles is 1. The largest absolute Gasteiger partial charge is 0.380 e. The minimum absolute atomic E-state index is 0.0220. The number of hydrogen-bond acceptors (Lipinski definition) is 5. The number of quaternary nitrogens is 1. The Morgan fingerprint density at radius 2 is 2.22 bits per heavy atom. The smallest absolute Gasteiger partial charge is 0.183 e. The van der Waals surface area contributed by atoms with Crippen LogP contribution in [-0.4, -0.2) is 60.6 Å². The molecule has 1 aromatic rings. The van der Waals surface area contributed by atoms with E-state index >= 15 is 0 Å². The molecule has 2 fully saturated rings. The predicted octanol–water partition coefficient (Wildman–Crippen LogP) is 4.60. The fourth-order valence-electron chi connectivity index (χ4n) is 4.71. The quantitative estimate of drug-likeness (QED) is 0.480. The van der Waals surface area contributed by atoms with Crippen molar-refractivity contribution in [1.29, 1.82) is 5.26 Å². The number of rotatable bonds is 8. The lowest BCUT2D eigenvalue weighted by Crippen LogP contribution is -2.64. The van der Waals surface area contributed by atoms with Crippen molar-refractivity contribution < 1.29 is 9.22 Å². The van der Waals surface area contributed by atoms with E-state index in [2.05, 4.69) is 36.1 Å². The van der Waals surface area contributed by atoms with Gasteiger partial charge in [-0.1, -0.05) is 18.7 Å². The van der Waals surface area contributed by atoms with Gasteiger partial charge in [0.1, 0.15) is 11.9 Å². The van der Waals surface area contributed by atoms with E-state index in [-0.39, 0.29) is 12.1 Å². The van der Waals surface area contributed by atoms with Crippen LogP contribution in [0.1, 0.15) is 39.2 Å². The van der Waals surface area contributed by atoms with Crippen LogP contribution in [0.5, 0.6) is 0 Å². The molecular weight excluding hydrogens is 398 g/mol. The van der Waals surface area contributed by atoms with Crippen LogP contribution in [0, 0.1) is 17.2 Å². The summed E-state index contributed by atoms with van der Waals surface area (Å²) in [6, 6.07) is 6.81. The van der Waals surface area contributed by atoms with Gasteiger partial charge in [-0.2, -0.15) is 5.26 Å². The van der Waals surface area contributed by atoms with Gasteiger partial charge < -0.3 is 14.5 Å². The highest BCUT2D eigenvalue weighted by Crippen LogP contribution is 2.31. The van der Waals surface area contributed by atoms with Crippen molar-refractivity contribution in [2.24, 2.45) is 10.9 Å². The summed E-state index contributed by atoms with van der Waals surface area (Å²) in [5, 5.41) is 13.6. The number of likely N-dealkylation sites (N-methyl/N-ethyl adjacent to an activating group) is 1. The van der Waals surface area contributed by atoms with Gasteiger partial charge in [0.25, 0.3) is 0 Å². The number of piperidine rings is 1. The van der Waals surface area contributed by atoms with Gasteiger partial charge >= 0.3 is 0 Å². The Labute approximate surface area is 192 Å². The predicted molar refractivity (Wildman–Crippen MR) is 131 cm³/mol. The molecule has 1 N–H and O–H groups in total. The molecular formula is C26H36N5O+. The summed E-state index contributed by atoms with van der Waals surface area (Å²) in [4.78, 5) is 9.53. The van der Waals surface area contributed by atoms with E-state index in [1.165, 1.54) is 0 Å². The Bertz CT molecular complexity index is 953. The summed E-state index contributed by atoms with van der Waals surface area (Å²) >= 11 is 0. The molecule has 3 rings (SSSR count). The second-order valence-electron chi connectivity index (χ2n) is 9.09. The van der Waals surface area contributed by atoms with Crippen molar-refractivity contribution in [3.05, 3.63) is 54.3 Å². The lowest BCUT2D eigenvalue weighted by molar-refractivity contribution is -0.935. The third-order valence-corrected chi connectivity index (χ3v) is 6.47. The third kappa shape index (κ3) is 5.35. The fraction of sp³-hybridized carbons (Fsp3) is 0.500. The molecule has 32 heavy (non-hydrogen) atoms. The first-order chi connectivity index (χ1) is 15.4. The van der Waals surface area contributed by atoms with Crippen LogP contribution < -0.4 is 5.32 Å². The van der Waals surface area contributed by atoms with Crippen LogP contribution in [-0.2, 0) is 4.74 Å². The van der Waals surface area contributed by atoms with Crippen molar-refractivity contribution in [2.45, 2.75) is 45.7 Å². The summed E-state index contributed by atoms with van der Waals surface area (Å²) in [5.74, 6) is 1.18. The van der Waals surface area contributed by atoms with Gasteiger partial charge in [-0.25, -0.2) is 9.98 Å². The maximum atomic E-state index is 9.89. The molecule has 6 heteroatoms. The molecule has 0 spiro atoms. The number of allylic oxidation sites excluding steroid dienone is 4. The molecule has 0 saturated carbocycles. The molecule has 0 bridgehead atoms. The minimum atomic E-state index is -0.0220. The van der Waals surface area contributed by atoms with Gasteiger partial charge in [-0.3, -0.25) is 0 Å². The topological polar surface area (TPSA) is 70.3 Å². The molecule has 170 valence electrons. The SMILES string of the molecule is C=C(C)C(C=CC)=NC(=CC)c1cccnc1NC1CCC[N+](C)(C(C#N)C2COC2)C1. The molecule has 2 aliphatic heterocycles. The van der Waals surface area contributed by atoms with E-state index < -0.39 is 0 Å². The van der Waals surface area contributed by atoms with E-state index in [0.29, 0.717) is 19.1 Å². The first-order valence-electron chi connectivity index (χ1n) is 11.5. The standard InChI is InChI=1S/C26H36N5O/c1-6-10-24(19(3)4)30-23(7-2)22-12-8-13-28-26(22)29-21-11-9-14-31(5,16-21)25(15-27)20-17-32-18-20/h6-8,10,12-13,20-21,25H,3,9,11,14,16-18H2,1-2,4-5H3,(H,28,29)/q+1. The number of hydrogen-bond donors (Lipinski definition) is 1. The Morgan fingerprint density at radius 1 is 1.44 bits per heavy atom. The zero-order valence-electron chi connectivity index (χ0n) is 19.8. The molecule has 0 radical (unpaired) electrons. The summed E-state index contributed by atoms with van der Waals surface area (Å²) in [7, 11) is 2.22. The summed E-state index contributed by atoms with van der Waals surface area (Å²) in [6.45, 7) is 13.3. The Morgan fingerprint density at radius 3 is 2.81 bits per heavy atom. The van der Waals surface area contributed by atoms with Crippen molar-refractivity contribution in [3.8, 4) is 6.07 Å². The number of anilines is 1. The average molecular weight is 435 g/mol. The Kier molecular flexibility index (Phi) is 8.00. The molecule has 2 aliphatic rings. The Balaban J connectivity index is 1.83. The first-order valence-corrected chi connectivity index (χ1v) is 11.5. The molecule has 3 heterocycles. The van der Waals surface area contributed by atoms with Gasteiger partial charge in [0, 0.05) is 11.8 Å². The normalized spacial score (nSPS) is 25.8. The maximum Gasteiger partial charge on any atom is 0.183 e. The molecule has 3 unspecified atom stereocenters. The number of likely N-dealkylation sites (tertiary alicyclic amines) is 1. The van der Waals surface area contributed by atoms with E-state index in [4.69, 9.17) is 9.73 Å². The summed E-state index contributed by atoms with van der Waals surface area (Å²) < 4.78 is 6.14. The molecule has 0 amide bonds. The number of ether oxygens (including phenoxy) is 1. The highest BCUT2D eigenvalue weighted by atomic mass is 16.5. The van der Waals surface area contributed by atoms with E-state index in [0.717, 1.165) is 58.8 Å². The first kappa shape index (κ1) is 23.9. The van der Waals surface area contributed by atoms with Gasteiger partial charge in [-0.05, 0) is 57.4 Å². The van der Waals surface area contributed by atoms with Crippen molar-refractivity contribution >= 4 is 17.2 Å². The second kappa shape index (κ2) is 10.7. The van der Waals surface area contributed by atoms with Crippen molar-refractivity contribution in [1.82, 2.24) is 4.98 Å². The van der Waals surface area contributed by atoms with Gasteiger partial charge in [0.05, 0.1) is 56.7 Å². The third-order valence-electron chi connectivity index (χ3n) is 6.47. The van der Waals surface area contributed by atoms with E-state index in [1.54, 1.807) is 0 Å². The Hall–Kier alpha value is -2.75. The molecule has 2 saturated heterocycles. The van der Waals surface area contributed by atoms with Gasteiger partial charge in [0.2, 0.25) is 0 Å². The molecule has 1 aromatic heterocycles. The fourth-order valence-corrected chi connectivity index (χ4v) is 4.71. The van der Waals surface area contributed by atoms with Crippen LogP contribution >= 0.6 is 0 Å². The summed E-state index contributed by atoms with van der Waals surface area (Å²) in [5.41, 5.74) is 3.62. The van der Waals surface area contributed by atoms with Crippen molar-refractivity contribution in [3.63, 3.8) is 0 Å². The van der Waals surface area contributed by atoms with Crippen LogP contribution in [0.3, 0.4) is 0 Å². The molecule has 6 nitrogen and oxygen atoms in total. The summed E-state index contributed by atoms with van der Waals surface area (Å²) in [6.07, 6.45) is 9.92. The highest BCUT2D eigenvalue weighted by Gasteiger charge is 2.45. The minimum Gasteiger partial charge on any atom is -0.380 e. The second-order valence-corrected chi connectivity index (χ2v) is 9.09. The van der Waals surface area contributed by atoms with Crippen LogP contribution in [0.25, 0.3) is 5.70 Å². The van der Waals surface area contributed by atoms with Crippen LogP contribution in [0.4, 0.5) is 5.82 Å². The number of pyridine rings is 1. The molecule has 0 aliphatic carbocycles. The number of nitrogens with zero attached hydrogens (tertiary/aromatic N) is 4. The number of aromatic nitrogens is 1. The maximum absolute atomic E-state index is 9.89. The lowest BCUT2D eigenvalue weighted by atomic mass is 9.91. The number of aliphatic imine (C=N–C) groups is 1. The average Bonchev–Trinajstić information content (AvgIpc) is 2.74. The van der Waals surface area contributed by atoms with Gasteiger partial charge in [0.15, 0.2) is 6.04 Å². The van der Waals surface area contributed by atoms with Crippen LogP contribution in [0.2, 0.25) is 0 Å². The monoisotopic (exact) mass is 434 g/mol. The lowest BCUT2D eigenvalue weighted by Gasteiger charge is -2.48. The molecule has 3 atom stereocenters. The van der Waals surface area contributed by atoms with Crippen LogP contribution in [0.15, 0.2) is 53.7 Å². The number of nitrogens with one attached hydrogen (secondary N) is 1. The highest BCUT2D eigenvalue weighted by molar-refractivity contribution is 6.10.